The van der Waals surface area contributed by atoms with Crippen LogP contribution >= 0.6 is 0 Å². The van der Waals surface area contributed by atoms with Crippen molar-refractivity contribution in [1.82, 2.24) is 0 Å². The molecule has 0 bridgehead atoms. The predicted octanol–water partition coefficient (Wildman–Crippen LogP) is 7.92. The van der Waals surface area contributed by atoms with Crippen molar-refractivity contribution >= 4 is 0 Å². The molecule has 162 valence electrons. The summed E-state index contributed by atoms with van der Waals surface area (Å²) >= 11 is 0. The zero-order chi connectivity index (χ0) is 20.9. The van der Waals surface area contributed by atoms with Gasteiger partial charge in [0.1, 0.15) is 0 Å². The van der Waals surface area contributed by atoms with Gasteiger partial charge in [-0.05, 0) is 54.7 Å². The van der Waals surface area contributed by atoms with Gasteiger partial charge >= 0.3 is 6.36 Å². The van der Waals surface area contributed by atoms with Gasteiger partial charge in [0.2, 0.25) is 0 Å². The summed E-state index contributed by atoms with van der Waals surface area (Å²) in [6.07, 6.45) is 11.0. The number of ether oxygens (including phenoxy) is 1. The van der Waals surface area contributed by atoms with E-state index in [0.717, 1.165) is 29.9 Å². The van der Waals surface area contributed by atoms with Crippen molar-refractivity contribution in [1.29, 1.82) is 0 Å². The number of allylic oxidation sites excluding steroid dienone is 2. The third-order valence-electron chi connectivity index (χ3n) is 6.60. The Morgan fingerprint density at radius 3 is 2.34 bits per heavy atom. The Morgan fingerprint density at radius 1 is 1.00 bits per heavy atom. The first-order valence-corrected chi connectivity index (χ1v) is 11.1. The summed E-state index contributed by atoms with van der Waals surface area (Å²) in [4.78, 5) is 0. The molecule has 2 aliphatic carbocycles. The molecule has 0 atom stereocenters. The topological polar surface area (TPSA) is 9.23 Å². The first kappa shape index (κ1) is 22.2. The number of hydrogen-bond acceptors (Lipinski definition) is 1. The average Bonchev–Trinajstić information content (AvgIpc) is 2.69. The highest BCUT2D eigenvalue weighted by atomic mass is 19.4. The van der Waals surface area contributed by atoms with Crippen LogP contribution in [0.2, 0.25) is 0 Å². The minimum absolute atomic E-state index is 0.336. The summed E-state index contributed by atoms with van der Waals surface area (Å²) in [5.74, 6) is 0.0778. The zero-order valence-corrected chi connectivity index (χ0v) is 17.3. The standard InChI is InChI=1S/C24H32F4O/c1-2-3-4-5-17-6-8-18(9-7-17)10-11-19-12-14-21-20(16-19)13-15-22(23(21)25)29-24(26,27)28/h12-13,15,17-18H,2-11,14,16H2,1H3. The summed E-state index contributed by atoms with van der Waals surface area (Å²) in [5.41, 5.74) is 2.41. The van der Waals surface area contributed by atoms with Gasteiger partial charge in [0, 0.05) is 0 Å². The van der Waals surface area contributed by atoms with E-state index < -0.39 is 17.9 Å². The second-order valence-electron chi connectivity index (χ2n) is 8.73. The minimum atomic E-state index is -4.88. The van der Waals surface area contributed by atoms with Crippen LogP contribution < -0.4 is 4.74 Å². The highest BCUT2D eigenvalue weighted by molar-refractivity contribution is 5.43. The Balaban J connectivity index is 1.47. The Labute approximate surface area is 171 Å². The van der Waals surface area contributed by atoms with Gasteiger partial charge in [0.05, 0.1) is 0 Å². The van der Waals surface area contributed by atoms with Gasteiger partial charge in [-0.1, -0.05) is 76.0 Å². The Hall–Kier alpha value is -1.52. The molecule has 0 saturated heterocycles. The molecule has 1 nitrogen and oxygen atoms in total. The highest BCUT2D eigenvalue weighted by Gasteiger charge is 2.33. The zero-order valence-electron chi connectivity index (χ0n) is 17.3. The SMILES string of the molecule is CCCCCC1CCC(CCC2=CCc3c(ccc(OC(F)(F)F)c3F)C2)CC1. The first-order chi connectivity index (χ1) is 13.9. The Kier molecular flexibility index (Phi) is 7.64. The number of alkyl halides is 3. The van der Waals surface area contributed by atoms with Gasteiger partial charge in [-0.25, -0.2) is 4.39 Å². The van der Waals surface area contributed by atoms with Crippen molar-refractivity contribution in [2.24, 2.45) is 11.8 Å². The smallest absolute Gasteiger partial charge is 0.403 e. The molecule has 1 fully saturated rings. The molecule has 0 heterocycles. The summed E-state index contributed by atoms with van der Waals surface area (Å²) in [6.45, 7) is 2.25. The van der Waals surface area contributed by atoms with E-state index in [1.54, 1.807) is 6.07 Å². The lowest BCUT2D eigenvalue weighted by Crippen LogP contribution is -2.19. The summed E-state index contributed by atoms with van der Waals surface area (Å²) in [6, 6.07) is 2.68. The van der Waals surface area contributed by atoms with Crippen LogP contribution in [0, 0.1) is 17.7 Å². The molecule has 1 aromatic carbocycles. The summed E-state index contributed by atoms with van der Waals surface area (Å²) in [5, 5.41) is 0. The molecule has 0 spiro atoms. The molecule has 0 unspecified atom stereocenters. The number of halogens is 4. The second kappa shape index (κ2) is 9.99. The van der Waals surface area contributed by atoms with Gasteiger partial charge in [-0.3, -0.25) is 0 Å². The van der Waals surface area contributed by atoms with Crippen molar-refractivity contribution in [3.63, 3.8) is 0 Å². The predicted molar refractivity (Wildman–Crippen MR) is 107 cm³/mol. The number of rotatable bonds is 8. The van der Waals surface area contributed by atoms with E-state index in [4.69, 9.17) is 0 Å². The van der Waals surface area contributed by atoms with Gasteiger partial charge in [0.25, 0.3) is 0 Å². The van der Waals surface area contributed by atoms with E-state index in [-0.39, 0.29) is 0 Å². The molecule has 0 aliphatic heterocycles. The molecular weight excluding hydrogens is 380 g/mol. The third-order valence-corrected chi connectivity index (χ3v) is 6.60. The van der Waals surface area contributed by atoms with Crippen LogP contribution in [0.1, 0.15) is 82.3 Å². The molecule has 1 saturated carbocycles. The van der Waals surface area contributed by atoms with Crippen LogP contribution in [0.5, 0.6) is 5.75 Å². The molecule has 1 aromatic rings. The molecule has 5 heteroatoms. The highest BCUT2D eigenvalue weighted by Crippen LogP contribution is 2.37. The maximum absolute atomic E-state index is 14.4. The van der Waals surface area contributed by atoms with Gasteiger partial charge in [0.15, 0.2) is 11.6 Å². The fourth-order valence-electron chi connectivity index (χ4n) is 4.86. The van der Waals surface area contributed by atoms with Gasteiger partial charge in [-0.2, -0.15) is 0 Å². The number of hydrogen-bond donors (Lipinski definition) is 0. The van der Waals surface area contributed by atoms with Crippen LogP contribution in [-0.4, -0.2) is 6.36 Å². The fourth-order valence-corrected chi connectivity index (χ4v) is 4.86. The van der Waals surface area contributed by atoms with Crippen LogP contribution in [0.3, 0.4) is 0 Å². The molecule has 0 amide bonds. The van der Waals surface area contributed by atoms with Crippen LogP contribution in [0.25, 0.3) is 0 Å². The number of unbranched alkanes of at least 4 members (excludes halogenated alkanes) is 2. The van der Waals surface area contributed by atoms with E-state index >= 15 is 0 Å². The van der Waals surface area contributed by atoms with Crippen molar-refractivity contribution < 1.29 is 22.3 Å². The molecule has 0 radical (unpaired) electrons. The maximum atomic E-state index is 14.4. The quantitative estimate of drug-likeness (QED) is 0.239. The Bertz CT molecular complexity index is 700. The number of benzene rings is 1. The fraction of sp³-hybridized carbons (Fsp3) is 0.667. The monoisotopic (exact) mass is 412 g/mol. The molecule has 2 aliphatic rings. The summed E-state index contributed by atoms with van der Waals surface area (Å²) < 4.78 is 55.4. The lowest BCUT2D eigenvalue weighted by Gasteiger charge is -2.29. The van der Waals surface area contributed by atoms with Gasteiger partial charge < -0.3 is 4.74 Å². The van der Waals surface area contributed by atoms with Crippen LogP contribution in [-0.2, 0) is 12.8 Å². The Morgan fingerprint density at radius 2 is 1.69 bits per heavy atom. The molecule has 0 N–H and O–H groups in total. The van der Waals surface area contributed by atoms with E-state index in [9.17, 15) is 17.6 Å². The largest absolute Gasteiger partial charge is 0.573 e. The van der Waals surface area contributed by atoms with E-state index in [1.165, 1.54) is 63.4 Å². The maximum Gasteiger partial charge on any atom is 0.573 e. The summed E-state index contributed by atoms with van der Waals surface area (Å²) in [7, 11) is 0. The molecule has 3 rings (SSSR count). The van der Waals surface area contributed by atoms with Crippen molar-refractivity contribution in [2.45, 2.75) is 90.3 Å². The minimum Gasteiger partial charge on any atom is -0.403 e. The average molecular weight is 413 g/mol. The van der Waals surface area contributed by atoms with E-state index in [1.807, 2.05) is 6.08 Å². The van der Waals surface area contributed by atoms with Crippen LogP contribution in [0.4, 0.5) is 17.6 Å². The third kappa shape index (κ3) is 6.48. The molecular formula is C24H32F4O. The normalized spacial score (nSPS) is 22.2. The lowest BCUT2D eigenvalue weighted by molar-refractivity contribution is -0.275. The van der Waals surface area contributed by atoms with Gasteiger partial charge in [-0.15, -0.1) is 13.2 Å². The first-order valence-electron chi connectivity index (χ1n) is 11.1. The van der Waals surface area contributed by atoms with E-state index in [2.05, 4.69) is 11.7 Å². The lowest BCUT2D eigenvalue weighted by atomic mass is 9.77. The molecule has 0 aromatic heterocycles. The second-order valence-corrected chi connectivity index (χ2v) is 8.73. The van der Waals surface area contributed by atoms with Crippen molar-refractivity contribution in [3.8, 4) is 5.75 Å². The van der Waals surface area contributed by atoms with E-state index in [0.29, 0.717) is 18.4 Å². The van der Waals surface area contributed by atoms with Crippen molar-refractivity contribution in [2.75, 3.05) is 0 Å². The van der Waals surface area contributed by atoms with Crippen molar-refractivity contribution in [3.05, 3.63) is 40.7 Å². The number of fused-ring (bicyclic) bond motifs is 1. The van der Waals surface area contributed by atoms with Crippen LogP contribution in [0.15, 0.2) is 23.8 Å². The molecule has 29 heavy (non-hydrogen) atoms.